The summed E-state index contributed by atoms with van der Waals surface area (Å²) in [6, 6.07) is 0.0386. The van der Waals surface area contributed by atoms with Crippen molar-refractivity contribution in [1.82, 2.24) is 14.9 Å². The number of carbonyl (C=O) groups excluding carboxylic acids is 1. The maximum absolute atomic E-state index is 12.8. The van der Waals surface area contributed by atoms with Gasteiger partial charge in [0.05, 0.1) is 12.4 Å². The molecule has 6 nitrogen and oxygen atoms in total. The predicted octanol–water partition coefficient (Wildman–Crippen LogP) is 2.43. The molecule has 0 unspecified atom stereocenters. The van der Waals surface area contributed by atoms with Gasteiger partial charge in [-0.1, -0.05) is 0 Å². The number of carbonyl (C=O) groups is 1. The van der Waals surface area contributed by atoms with E-state index in [2.05, 4.69) is 15.3 Å². The number of anilines is 1. The van der Waals surface area contributed by atoms with E-state index in [0.717, 1.165) is 25.2 Å². The van der Waals surface area contributed by atoms with Crippen LogP contribution in [0.3, 0.4) is 0 Å². The summed E-state index contributed by atoms with van der Waals surface area (Å²) in [5, 5.41) is 3.12. The number of hydrogen-bond acceptors (Lipinski definition) is 5. The largest absolute Gasteiger partial charge is 0.444 e. The highest BCUT2D eigenvalue weighted by molar-refractivity contribution is 5.68. The molecule has 1 amide bonds. The van der Waals surface area contributed by atoms with Crippen molar-refractivity contribution >= 4 is 12.0 Å². The molecule has 21 heavy (non-hydrogen) atoms. The average Bonchev–Trinajstić information content (AvgIpc) is 2.40. The Morgan fingerprint density at radius 2 is 2.10 bits per heavy atom. The molecule has 0 aromatic carbocycles. The quantitative estimate of drug-likeness (QED) is 0.908. The Bertz CT molecular complexity index is 487. The van der Waals surface area contributed by atoms with E-state index in [-0.39, 0.29) is 12.1 Å². The molecule has 1 fully saturated rings. The lowest BCUT2D eigenvalue weighted by Gasteiger charge is -2.34. The molecule has 0 spiro atoms. The molecule has 2 heterocycles. The van der Waals surface area contributed by atoms with Gasteiger partial charge in [-0.3, -0.25) is 0 Å². The van der Waals surface area contributed by atoms with Gasteiger partial charge in [-0.05, 0) is 33.6 Å². The van der Waals surface area contributed by atoms with Crippen LogP contribution in [0.4, 0.5) is 15.1 Å². The minimum Gasteiger partial charge on any atom is -0.444 e. The van der Waals surface area contributed by atoms with Gasteiger partial charge in [0.15, 0.2) is 5.82 Å². The second kappa shape index (κ2) is 6.24. The third-order valence-corrected chi connectivity index (χ3v) is 3.03. The summed E-state index contributed by atoms with van der Waals surface area (Å²) in [4.78, 5) is 21.5. The van der Waals surface area contributed by atoms with Gasteiger partial charge in [-0.2, -0.15) is 0 Å². The van der Waals surface area contributed by atoms with E-state index in [1.807, 2.05) is 20.8 Å². The third-order valence-electron chi connectivity index (χ3n) is 3.03. The molecular formula is C14H21FN4O2. The van der Waals surface area contributed by atoms with Crippen LogP contribution >= 0.6 is 0 Å². The van der Waals surface area contributed by atoms with Gasteiger partial charge in [-0.15, -0.1) is 0 Å². The summed E-state index contributed by atoms with van der Waals surface area (Å²) in [5.41, 5.74) is -0.502. The number of halogens is 1. The molecule has 1 atom stereocenters. The molecule has 116 valence electrons. The van der Waals surface area contributed by atoms with E-state index < -0.39 is 11.4 Å². The Kier molecular flexibility index (Phi) is 4.59. The molecule has 1 N–H and O–H groups in total. The summed E-state index contributed by atoms with van der Waals surface area (Å²) >= 11 is 0. The lowest BCUT2D eigenvalue weighted by atomic mass is 10.1. The molecule has 1 saturated heterocycles. The van der Waals surface area contributed by atoms with Crippen LogP contribution in [0.25, 0.3) is 0 Å². The van der Waals surface area contributed by atoms with Crippen molar-refractivity contribution in [3.8, 4) is 0 Å². The monoisotopic (exact) mass is 296 g/mol. The van der Waals surface area contributed by atoms with Crippen molar-refractivity contribution < 1.29 is 13.9 Å². The van der Waals surface area contributed by atoms with Crippen molar-refractivity contribution in [3.63, 3.8) is 0 Å². The first-order valence-corrected chi connectivity index (χ1v) is 7.05. The van der Waals surface area contributed by atoms with E-state index in [1.165, 1.54) is 0 Å². The molecule has 0 aliphatic carbocycles. The maximum atomic E-state index is 12.8. The number of likely N-dealkylation sites (tertiary alicyclic amines) is 1. The van der Waals surface area contributed by atoms with Crippen LogP contribution in [0.5, 0.6) is 0 Å². The normalized spacial score (nSPS) is 19.2. The van der Waals surface area contributed by atoms with Gasteiger partial charge >= 0.3 is 6.09 Å². The number of hydrogen-bond donors (Lipinski definition) is 1. The van der Waals surface area contributed by atoms with Crippen LogP contribution < -0.4 is 5.32 Å². The molecule has 7 heteroatoms. The van der Waals surface area contributed by atoms with Crippen LogP contribution in [-0.4, -0.2) is 45.7 Å². The van der Waals surface area contributed by atoms with E-state index in [1.54, 1.807) is 4.90 Å². The standard InChI is InChI=1S/C14H21FN4O2/c1-14(2,3)21-13(20)19-6-4-5-11(9-19)18-12-16-7-10(15)8-17-12/h7-8,11H,4-6,9H2,1-3H3,(H,16,17,18)/t11-/m1/s1. The van der Waals surface area contributed by atoms with E-state index >= 15 is 0 Å². The molecule has 0 saturated carbocycles. The number of rotatable bonds is 2. The van der Waals surface area contributed by atoms with E-state index in [9.17, 15) is 9.18 Å². The number of nitrogens with one attached hydrogen (secondary N) is 1. The van der Waals surface area contributed by atoms with Crippen molar-refractivity contribution in [2.24, 2.45) is 0 Å². The topological polar surface area (TPSA) is 67.3 Å². The highest BCUT2D eigenvalue weighted by Crippen LogP contribution is 2.17. The van der Waals surface area contributed by atoms with E-state index in [4.69, 9.17) is 4.74 Å². The van der Waals surface area contributed by atoms with E-state index in [0.29, 0.717) is 19.0 Å². The number of amides is 1. The first kappa shape index (κ1) is 15.5. The first-order chi connectivity index (χ1) is 9.83. The Labute approximate surface area is 123 Å². The average molecular weight is 296 g/mol. The van der Waals surface area contributed by atoms with Gasteiger partial charge in [0.1, 0.15) is 5.60 Å². The Balaban J connectivity index is 1.91. The number of aromatic nitrogens is 2. The first-order valence-electron chi connectivity index (χ1n) is 7.05. The number of nitrogens with zero attached hydrogens (tertiary/aromatic N) is 3. The smallest absolute Gasteiger partial charge is 0.410 e. The summed E-state index contributed by atoms with van der Waals surface area (Å²) in [5.74, 6) is -0.105. The molecule has 1 aromatic rings. The van der Waals surface area contributed by atoms with Crippen LogP contribution in [0.2, 0.25) is 0 Å². The van der Waals surface area contributed by atoms with Gasteiger partial charge < -0.3 is 15.0 Å². The lowest BCUT2D eigenvalue weighted by Crippen LogP contribution is -2.47. The minimum absolute atomic E-state index is 0.0386. The second-order valence-electron chi connectivity index (χ2n) is 6.13. The van der Waals surface area contributed by atoms with Crippen LogP contribution in [0.15, 0.2) is 12.4 Å². The molecule has 1 aromatic heterocycles. The fraction of sp³-hybridized carbons (Fsp3) is 0.643. The molecule has 0 radical (unpaired) electrons. The summed E-state index contributed by atoms with van der Waals surface area (Å²) in [7, 11) is 0. The van der Waals surface area contributed by atoms with Crippen LogP contribution in [-0.2, 0) is 4.74 Å². The molecular weight excluding hydrogens is 275 g/mol. The summed E-state index contributed by atoms with van der Waals surface area (Å²) in [6.07, 6.45) is 3.69. The van der Waals surface area contributed by atoms with Crippen LogP contribution in [0, 0.1) is 5.82 Å². The molecule has 1 aliphatic heterocycles. The zero-order chi connectivity index (χ0) is 15.5. The Morgan fingerprint density at radius 3 is 2.71 bits per heavy atom. The molecule has 2 rings (SSSR count). The Hall–Kier alpha value is -1.92. The zero-order valence-electron chi connectivity index (χ0n) is 12.6. The number of ether oxygens (including phenoxy) is 1. The summed E-state index contributed by atoms with van der Waals surface area (Å²) in [6.45, 7) is 6.73. The third kappa shape index (κ3) is 4.84. The zero-order valence-corrected chi connectivity index (χ0v) is 12.6. The minimum atomic E-state index is -0.502. The highest BCUT2D eigenvalue weighted by Gasteiger charge is 2.27. The predicted molar refractivity (Wildman–Crippen MR) is 76.4 cm³/mol. The van der Waals surface area contributed by atoms with Crippen molar-refractivity contribution in [1.29, 1.82) is 0 Å². The highest BCUT2D eigenvalue weighted by atomic mass is 19.1. The second-order valence-corrected chi connectivity index (χ2v) is 6.13. The maximum Gasteiger partial charge on any atom is 0.410 e. The van der Waals surface area contributed by atoms with Gasteiger partial charge in [0.2, 0.25) is 5.95 Å². The Morgan fingerprint density at radius 1 is 1.43 bits per heavy atom. The molecule has 0 bridgehead atoms. The SMILES string of the molecule is CC(C)(C)OC(=O)N1CCC[C@@H](Nc2ncc(F)cn2)C1. The fourth-order valence-electron chi connectivity index (χ4n) is 2.16. The van der Waals surface area contributed by atoms with Crippen molar-refractivity contribution in [2.75, 3.05) is 18.4 Å². The number of piperidine rings is 1. The van der Waals surface area contributed by atoms with Gasteiger partial charge in [-0.25, -0.2) is 19.2 Å². The summed E-state index contributed by atoms with van der Waals surface area (Å²) < 4.78 is 18.1. The van der Waals surface area contributed by atoms with Crippen LogP contribution in [0.1, 0.15) is 33.6 Å². The van der Waals surface area contributed by atoms with Gasteiger partial charge in [0.25, 0.3) is 0 Å². The van der Waals surface area contributed by atoms with Crippen molar-refractivity contribution in [3.05, 3.63) is 18.2 Å². The van der Waals surface area contributed by atoms with Crippen molar-refractivity contribution in [2.45, 2.75) is 45.3 Å². The fourth-order valence-corrected chi connectivity index (χ4v) is 2.16. The van der Waals surface area contributed by atoms with Gasteiger partial charge in [0, 0.05) is 19.1 Å². The molecule has 1 aliphatic rings. The lowest BCUT2D eigenvalue weighted by molar-refractivity contribution is 0.0206.